The number of hydrogen-bond acceptors (Lipinski definition) is 1. The lowest BCUT2D eigenvalue weighted by Crippen LogP contribution is -2.11. The molecule has 0 bridgehead atoms. The van der Waals surface area contributed by atoms with Gasteiger partial charge in [-0.05, 0) is 31.6 Å². The van der Waals surface area contributed by atoms with Crippen molar-refractivity contribution in [3.63, 3.8) is 0 Å². The third-order valence-electron chi connectivity index (χ3n) is 3.02. The molecule has 0 rings (SSSR count). The standard InChI is InChI=1S/C12H26O/c1-5-6-7-10(2)11(3)8-9-12(4)13/h10-13H,5-9H2,1-4H3. The molecular formula is C12H26O. The Morgan fingerprint density at radius 2 is 1.46 bits per heavy atom. The molecule has 0 aliphatic rings. The molecule has 80 valence electrons. The highest BCUT2D eigenvalue weighted by Gasteiger charge is 2.12. The van der Waals surface area contributed by atoms with Crippen molar-refractivity contribution in [3.8, 4) is 0 Å². The van der Waals surface area contributed by atoms with Crippen molar-refractivity contribution in [3.05, 3.63) is 0 Å². The van der Waals surface area contributed by atoms with Gasteiger partial charge in [0.25, 0.3) is 0 Å². The van der Waals surface area contributed by atoms with Gasteiger partial charge in [0.2, 0.25) is 0 Å². The number of rotatable bonds is 7. The van der Waals surface area contributed by atoms with Gasteiger partial charge in [-0.2, -0.15) is 0 Å². The van der Waals surface area contributed by atoms with Gasteiger partial charge in [-0.1, -0.05) is 40.0 Å². The average molecular weight is 186 g/mol. The molecule has 0 aromatic carbocycles. The summed E-state index contributed by atoms with van der Waals surface area (Å²) in [6.45, 7) is 8.77. The smallest absolute Gasteiger partial charge is 0.0512 e. The van der Waals surface area contributed by atoms with Gasteiger partial charge < -0.3 is 5.11 Å². The van der Waals surface area contributed by atoms with E-state index in [1.807, 2.05) is 6.92 Å². The molecule has 1 nitrogen and oxygen atoms in total. The zero-order valence-corrected chi connectivity index (χ0v) is 9.71. The highest BCUT2D eigenvalue weighted by molar-refractivity contribution is 4.63. The highest BCUT2D eigenvalue weighted by atomic mass is 16.3. The summed E-state index contributed by atoms with van der Waals surface area (Å²) in [6, 6.07) is 0. The molecule has 3 unspecified atom stereocenters. The maximum absolute atomic E-state index is 9.16. The zero-order chi connectivity index (χ0) is 10.3. The van der Waals surface area contributed by atoms with E-state index < -0.39 is 0 Å². The lowest BCUT2D eigenvalue weighted by Gasteiger charge is -2.20. The minimum atomic E-state index is -0.124. The molecule has 0 aromatic rings. The minimum Gasteiger partial charge on any atom is -0.393 e. The van der Waals surface area contributed by atoms with Crippen molar-refractivity contribution in [1.29, 1.82) is 0 Å². The van der Waals surface area contributed by atoms with Crippen LogP contribution in [0.25, 0.3) is 0 Å². The first-order valence-electron chi connectivity index (χ1n) is 5.76. The van der Waals surface area contributed by atoms with E-state index in [4.69, 9.17) is 5.11 Å². The normalized spacial score (nSPS) is 18.2. The fraction of sp³-hybridized carbons (Fsp3) is 1.00. The van der Waals surface area contributed by atoms with Crippen molar-refractivity contribution in [2.24, 2.45) is 11.8 Å². The molecule has 0 heterocycles. The third kappa shape index (κ3) is 7.06. The summed E-state index contributed by atoms with van der Waals surface area (Å²) in [7, 11) is 0. The lowest BCUT2D eigenvalue weighted by molar-refractivity contribution is 0.167. The van der Waals surface area contributed by atoms with Gasteiger partial charge >= 0.3 is 0 Å². The summed E-state index contributed by atoms with van der Waals surface area (Å²) >= 11 is 0. The SMILES string of the molecule is CCCCC(C)C(C)CCC(C)O. The van der Waals surface area contributed by atoms with E-state index in [-0.39, 0.29) is 6.10 Å². The van der Waals surface area contributed by atoms with E-state index in [2.05, 4.69) is 20.8 Å². The van der Waals surface area contributed by atoms with Crippen LogP contribution < -0.4 is 0 Å². The topological polar surface area (TPSA) is 20.2 Å². The van der Waals surface area contributed by atoms with Gasteiger partial charge in [-0.25, -0.2) is 0 Å². The summed E-state index contributed by atoms with van der Waals surface area (Å²) in [4.78, 5) is 0. The Balaban J connectivity index is 3.50. The maximum atomic E-state index is 9.16. The Morgan fingerprint density at radius 3 is 1.92 bits per heavy atom. The van der Waals surface area contributed by atoms with Crippen LogP contribution in [-0.2, 0) is 0 Å². The van der Waals surface area contributed by atoms with Crippen LogP contribution in [0.3, 0.4) is 0 Å². The minimum absolute atomic E-state index is 0.124. The number of unbranched alkanes of at least 4 members (excludes halogenated alkanes) is 1. The Morgan fingerprint density at radius 1 is 0.923 bits per heavy atom. The van der Waals surface area contributed by atoms with Crippen molar-refractivity contribution in [1.82, 2.24) is 0 Å². The summed E-state index contributed by atoms with van der Waals surface area (Å²) in [6.07, 6.45) is 5.99. The third-order valence-corrected chi connectivity index (χ3v) is 3.02. The van der Waals surface area contributed by atoms with Crippen LogP contribution in [0.2, 0.25) is 0 Å². The van der Waals surface area contributed by atoms with Crippen LogP contribution in [0.1, 0.15) is 59.8 Å². The molecular weight excluding hydrogens is 160 g/mol. The van der Waals surface area contributed by atoms with Crippen molar-refractivity contribution in [2.75, 3.05) is 0 Å². The molecule has 0 aromatic heterocycles. The first kappa shape index (κ1) is 13.0. The molecule has 3 atom stereocenters. The van der Waals surface area contributed by atoms with E-state index in [0.717, 1.165) is 18.3 Å². The molecule has 1 N–H and O–H groups in total. The van der Waals surface area contributed by atoms with E-state index in [1.165, 1.54) is 25.7 Å². The Kier molecular flexibility index (Phi) is 7.35. The molecule has 0 aliphatic carbocycles. The van der Waals surface area contributed by atoms with E-state index in [1.54, 1.807) is 0 Å². The monoisotopic (exact) mass is 186 g/mol. The Bertz CT molecular complexity index is 110. The summed E-state index contributed by atoms with van der Waals surface area (Å²) in [5.74, 6) is 1.58. The number of aliphatic hydroxyl groups excluding tert-OH is 1. The van der Waals surface area contributed by atoms with Crippen LogP contribution in [0, 0.1) is 11.8 Å². The molecule has 1 heteroatoms. The molecule has 0 amide bonds. The maximum Gasteiger partial charge on any atom is 0.0512 e. The van der Waals surface area contributed by atoms with E-state index in [0.29, 0.717) is 0 Å². The highest BCUT2D eigenvalue weighted by Crippen LogP contribution is 2.22. The number of aliphatic hydroxyl groups is 1. The van der Waals surface area contributed by atoms with E-state index >= 15 is 0 Å². The molecule has 0 saturated heterocycles. The fourth-order valence-corrected chi connectivity index (χ4v) is 1.60. The largest absolute Gasteiger partial charge is 0.393 e. The molecule has 13 heavy (non-hydrogen) atoms. The van der Waals surface area contributed by atoms with Crippen molar-refractivity contribution >= 4 is 0 Å². The predicted molar refractivity (Wildman–Crippen MR) is 58.8 cm³/mol. The molecule has 0 saturated carbocycles. The Labute approximate surface area is 83.5 Å². The fourth-order valence-electron chi connectivity index (χ4n) is 1.60. The first-order chi connectivity index (χ1) is 6.07. The average Bonchev–Trinajstić information content (AvgIpc) is 2.10. The summed E-state index contributed by atoms with van der Waals surface area (Å²) in [5, 5.41) is 9.16. The summed E-state index contributed by atoms with van der Waals surface area (Å²) < 4.78 is 0. The number of hydrogen-bond donors (Lipinski definition) is 1. The zero-order valence-electron chi connectivity index (χ0n) is 9.71. The molecule has 0 aliphatic heterocycles. The van der Waals surface area contributed by atoms with Gasteiger partial charge in [-0.3, -0.25) is 0 Å². The van der Waals surface area contributed by atoms with Gasteiger partial charge in [-0.15, -0.1) is 0 Å². The van der Waals surface area contributed by atoms with Crippen LogP contribution in [0.15, 0.2) is 0 Å². The van der Waals surface area contributed by atoms with Crippen molar-refractivity contribution < 1.29 is 5.11 Å². The van der Waals surface area contributed by atoms with Crippen LogP contribution >= 0.6 is 0 Å². The van der Waals surface area contributed by atoms with E-state index in [9.17, 15) is 0 Å². The summed E-state index contributed by atoms with van der Waals surface area (Å²) in [5.41, 5.74) is 0. The van der Waals surface area contributed by atoms with Crippen LogP contribution in [0.5, 0.6) is 0 Å². The van der Waals surface area contributed by atoms with Gasteiger partial charge in [0.1, 0.15) is 0 Å². The second-order valence-corrected chi connectivity index (χ2v) is 4.52. The van der Waals surface area contributed by atoms with Crippen LogP contribution in [0.4, 0.5) is 0 Å². The molecule has 0 spiro atoms. The predicted octanol–water partition coefficient (Wildman–Crippen LogP) is 3.61. The van der Waals surface area contributed by atoms with Gasteiger partial charge in [0.05, 0.1) is 6.10 Å². The molecule has 0 fully saturated rings. The van der Waals surface area contributed by atoms with Crippen LogP contribution in [-0.4, -0.2) is 11.2 Å². The van der Waals surface area contributed by atoms with Gasteiger partial charge in [0, 0.05) is 0 Å². The van der Waals surface area contributed by atoms with Gasteiger partial charge in [0.15, 0.2) is 0 Å². The molecule has 0 radical (unpaired) electrons. The second kappa shape index (κ2) is 7.37. The van der Waals surface area contributed by atoms with Crippen molar-refractivity contribution in [2.45, 2.75) is 65.9 Å². The quantitative estimate of drug-likeness (QED) is 0.644. The Hall–Kier alpha value is -0.0400. The lowest BCUT2D eigenvalue weighted by atomic mass is 9.87. The second-order valence-electron chi connectivity index (χ2n) is 4.52. The first-order valence-corrected chi connectivity index (χ1v) is 5.76.